The van der Waals surface area contributed by atoms with Gasteiger partial charge >= 0.3 is 0 Å². The van der Waals surface area contributed by atoms with Gasteiger partial charge in [-0.3, -0.25) is 9.59 Å². The Bertz CT molecular complexity index is 840. The molecular weight excluding hydrogens is 348 g/mol. The van der Waals surface area contributed by atoms with E-state index in [0.29, 0.717) is 11.6 Å². The fourth-order valence-electron chi connectivity index (χ4n) is 2.54. The number of halogens is 3. The highest BCUT2D eigenvalue weighted by atomic mass is 35.5. The summed E-state index contributed by atoms with van der Waals surface area (Å²) in [6, 6.07) is 8.28. The summed E-state index contributed by atoms with van der Waals surface area (Å²) in [6.45, 7) is 0.909. The molecule has 0 saturated carbocycles. The topological polar surface area (TPSA) is 37.4 Å². The predicted octanol–water partition coefficient (Wildman–Crippen LogP) is 3.96. The average molecular weight is 362 g/mol. The van der Waals surface area contributed by atoms with Crippen molar-refractivity contribution in [3.63, 3.8) is 0 Å². The summed E-state index contributed by atoms with van der Waals surface area (Å²) in [7, 11) is 0. The molecule has 25 heavy (non-hydrogen) atoms. The van der Waals surface area contributed by atoms with Crippen molar-refractivity contribution in [2.24, 2.45) is 0 Å². The molecule has 6 heteroatoms. The molecule has 0 saturated heterocycles. The molecule has 0 aliphatic heterocycles. The van der Waals surface area contributed by atoms with Crippen LogP contribution in [0.1, 0.15) is 18.5 Å². The van der Waals surface area contributed by atoms with Crippen LogP contribution in [0.2, 0.25) is 5.02 Å². The largest absolute Gasteiger partial charge is 0.349 e. The highest BCUT2D eigenvalue weighted by Gasteiger charge is 2.29. The second kappa shape index (κ2) is 7.91. The number of nitrogens with zero attached hydrogens (tertiary/aromatic N) is 1. The highest BCUT2D eigenvalue weighted by Crippen LogP contribution is 2.32. The molecule has 0 spiro atoms. The molecule has 0 aromatic heterocycles. The van der Waals surface area contributed by atoms with Gasteiger partial charge in [0.2, 0.25) is 5.78 Å². The van der Waals surface area contributed by atoms with Gasteiger partial charge in [-0.2, -0.15) is 0 Å². The third-order valence-corrected chi connectivity index (χ3v) is 3.89. The molecular formula is C19H14ClF2NO2. The lowest BCUT2D eigenvalue weighted by Gasteiger charge is -2.32. The molecule has 0 radical (unpaired) electrons. The van der Waals surface area contributed by atoms with Crippen molar-refractivity contribution in [2.75, 3.05) is 11.4 Å². The molecule has 0 N–H and O–H groups in total. The number of rotatable bonds is 6. The molecule has 2 rings (SSSR count). The molecule has 128 valence electrons. The Hall–Kier alpha value is -2.71. The van der Waals surface area contributed by atoms with E-state index in [1.54, 1.807) is 24.3 Å². The highest BCUT2D eigenvalue weighted by molar-refractivity contribution is 6.31. The van der Waals surface area contributed by atoms with Gasteiger partial charge in [0.05, 0.1) is 6.54 Å². The number of hydrogen-bond acceptors (Lipinski definition) is 3. The smallest absolute Gasteiger partial charge is 0.224 e. The van der Waals surface area contributed by atoms with Crippen LogP contribution in [0.4, 0.5) is 14.5 Å². The van der Waals surface area contributed by atoms with Crippen molar-refractivity contribution in [2.45, 2.75) is 13.0 Å². The van der Waals surface area contributed by atoms with Crippen LogP contribution in [0.15, 0.2) is 42.5 Å². The van der Waals surface area contributed by atoms with Crippen LogP contribution in [0.3, 0.4) is 0 Å². The second-order valence-electron chi connectivity index (χ2n) is 5.36. The third kappa shape index (κ3) is 4.43. The number of carbonyl (C=O) groups is 2. The molecule has 0 fully saturated rings. The fraction of sp³-hybridized carbons (Fsp3) is 0.158. The van der Waals surface area contributed by atoms with E-state index in [-0.39, 0.29) is 16.5 Å². The van der Waals surface area contributed by atoms with Crippen LogP contribution in [0.25, 0.3) is 0 Å². The summed E-state index contributed by atoms with van der Waals surface area (Å²) in [5.41, 5.74) is 0.423. The first-order valence-electron chi connectivity index (χ1n) is 7.30. The van der Waals surface area contributed by atoms with Gasteiger partial charge in [-0.15, -0.1) is 6.42 Å². The number of benzene rings is 2. The summed E-state index contributed by atoms with van der Waals surface area (Å²) in [5, 5.41) is 0.290. The minimum atomic E-state index is -1.02. The Morgan fingerprint density at radius 3 is 2.32 bits per heavy atom. The molecule has 3 nitrogen and oxygen atoms in total. The Labute approximate surface area is 149 Å². The lowest BCUT2D eigenvalue weighted by atomic mass is 10.00. The van der Waals surface area contributed by atoms with E-state index >= 15 is 0 Å². The molecule has 0 aliphatic carbocycles. The quantitative estimate of drug-likeness (QED) is 0.577. The fourth-order valence-corrected chi connectivity index (χ4v) is 2.78. The lowest BCUT2D eigenvalue weighted by Crippen LogP contribution is -2.37. The summed E-state index contributed by atoms with van der Waals surface area (Å²) >= 11 is 6.18. The SMILES string of the molecule is C#CC(=O)CN(c1cc(F)cc(F)c1)[C@H](C(C)=O)c1ccccc1Cl. The molecule has 1 atom stereocenters. The molecule has 0 amide bonds. The summed E-state index contributed by atoms with van der Waals surface area (Å²) in [5.74, 6) is -0.730. The number of Topliss-reactive ketones (excluding diaryl/α,β-unsaturated/α-hetero) is 2. The molecule has 0 unspecified atom stereocenters. The maximum absolute atomic E-state index is 13.7. The van der Waals surface area contributed by atoms with Gasteiger partial charge in [-0.25, -0.2) is 8.78 Å². The molecule has 0 bridgehead atoms. The zero-order chi connectivity index (χ0) is 18.6. The molecule has 2 aromatic carbocycles. The third-order valence-electron chi connectivity index (χ3n) is 3.55. The maximum atomic E-state index is 13.7. The molecule has 0 aliphatic rings. The van der Waals surface area contributed by atoms with E-state index in [2.05, 4.69) is 0 Å². The number of anilines is 1. The maximum Gasteiger partial charge on any atom is 0.224 e. The molecule has 0 heterocycles. The van der Waals surface area contributed by atoms with Gasteiger partial charge in [0.1, 0.15) is 17.7 Å². The Morgan fingerprint density at radius 1 is 1.20 bits per heavy atom. The minimum Gasteiger partial charge on any atom is -0.349 e. The van der Waals surface area contributed by atoms with Gasteiger partial charge in [0.15, 0.2) is 5.78 Å². The second-order valence-corrected chi connectivity index (χ2v) is 5.76. The first kappa shape index (κ1) is 18.6. The Kier molecular flexibility index (Phi) is 5.89. The first-order chi connectivity index (χ1) is 11.8. The van der Waals surface area contributed by atoms with E-state index < -0.39 is 30.0 Å². The van der Waals surface area contributed by atoms with Gasteiger partial charge in [0.25, 0.3) is 0 Å². The van der Waals surface area contributed by atoms with Gasteiger partial charge in [-0.05, 0) is 31.0 Å². The predicted molar refractivity (Wildman–Crippen MR) is 92.4 cm³/mol. The van der Waals surface area contributed by atoms with Crippen LogP contribution in [0.5, 0.6) is 0 Å². The normalized spacial score (nSPS) is 11.5. The van der Waals surface area contributed by atoms with Crippen LogP contribution < -0.4 is 4.90 Å². The number of terminal acetylenes is 1. The van der Waals surface area contributed by atoms with Crippen LogP contribution in [-0.2, 0) is 9.59 Å². The Balaban J connectivity index is 2.63. The zero-order valence-electron chi connectivity index (χ0n) is 13.3. The van der Waals surface area contributed by atoms with E-state index in [4.69, 9.17) is 18.0 Å². The van der Waals surface area contributed by atoms with Crippen LogP contribution in [-0.4, -0.2) is 18.1 Å². The lowest BCUT2D eigenvalue weighted by molar-refractivity contribution is -0.118. The van der Waals surface area contributed by atoms with Crippen molar-refractivity contribution in [3.8, 4) is 12.3 Å². The summed E-state index contributed by atoms with van der Waals surface area (Å²) in [4.78, 5) is 25.3. The van der Waals surface area contributed by atoms with Gasteiger partial charge in [0, 0.05) is 22.3 Å². The monoisotopic (exact) mass is 361 g/mol. The van der Waals surface area contributed by atoms with E-state index in [0.717, 1.165) is 12.1 Å². The van der Waals surface area contributed by atoms with Gasteiger partial charge in [-0.1, -0.05) is 29.8 Å². The van der Waals surface area contributed by atoms with Crippen LogP contribution in [0, 0.1) is 24.0 Å². The van der Waals surface area contributed by atoms with Crippen molar-refractivity contribution in [1.29, 1.82) is 0 Å². The molecule has 2 aromatic rings. The van der Waals surface area contributed by atoms with E-state index in [1.807, 2.05) is 5.92 Å². The summed E-state index contributed by atoms with van der Waals surface area (Å²) < 4.78 is 27.3. The standard InChI is InChI=1S/C19H14ClF2NO2/c1-3-16(25)11-23(15-9-13(21)8-14(22)10-15)19(12(2)24)17-6-4-5-7-18(17)20/h1,4-10,19H,11H2,2H3/t19-/m1/s1. The zero-order valence-corrected chi connectivity index (χ0v) is 14.1. The number of carbonyl (C=O) groups excluding carboxylic acids is 2. The van der Waals surface area contributed by atoms with Crippen molar-refractivity contribution in [3.05, 3.63) is 64.7 Å². The van der Waals surface area contributed by atoms with Crippen LogP contribution >= 0.6 is 11.6 Å². The number of ketones is 2. The van der Waals surface area contributed by atoms with Crippen molar-refractivity contribution < 1.29 is 18.4 Å². The average Bonchev–Trinajstić information content (AvgIpc) is 2.54. The van der Waals surface area contributed by atoms with Crippen molar-refractivity contribution in [1.82, 2.24) is 0 Å². The summed E-state index contributed by atoms with van der Waals surface area (Å²) in [6.07, 6.45) is 5.12. The van der Waals surface area contributed by atoms with Crippen molar-refractivity contribution >= 4 is 28.9 Å². The van der Waals surface area contributed by atoms with E-state index in [1.165, 1.54) is 11.8 Å². The van der Waals surface area contributed by atoms with Gasteiger partial charge < -0.3 is 4.90 Å². The Morgan fingerprint density at radius 2 is 1.80 bits per heavy atom. The minimum absolute atomic E-state index is 0.0150. The van der Waals surface area contributed by atoms with E-state index in [9.17, 15) is 18.4 Å². The first-order valence-corrected chi connectivity index (χ1v) is 7.68. The number of hydrogen-bond donors (Lipinski definition) is 0.